The summed E-state index contributed by atoms with van der Waals surface area (Å²) < 4.78 is 5.00. The molecular weight excluding hydrogens is 238 g/mol. The van der Waals surface area contributed by atoms with Crippen LogP contribution in [0.4, 0.5) is 0 Å². The topological polar surface area (TPSA) is 9.23 Å². The smallest absolute Gasteiger partial charge is 0.110 e. The van der Waals surface area contributed by atoms with Gasteiger partial charge in [0.1, 0.15) is 23.0 Å². The molecule has 0 spiro atoms. The first kappa shape index (κ1) is 8.98. The van der Waals surface area contributed by atoms with E-state index in [1.54, 1.807) is 0 Å². The molecule has 50 valence electrons. The Morgan fingerprint density at radius 2 is 2.12 bits per heavy atom. The number of hydrogen-bond donors (Lipinski definition) is 0. The van der Waals surface area contributed by atoms with E-state index in [1.807, 2.05) is 23.0 Å². The highest BCUT2D eigenvalue weighted by Gasteiger charge is 2.09. The van der Waals surface area contributed by atoms with E-state index < -0.39 is 0 Å². The van der Waals surface area contributed by atoms with Crippen molar-refractivity contribution in [2.45, 2.75) is 20.0 Å². The Hall–Kier alpha value is 0.980. The molecule has 0 rings (SSSR count). The molecule has 0 aromatic carbocycles. The van der Waals surface area contributed by atoms with Crippen LogP contribution in [0, 0.1) is 5.92 Å². The Labute approximate surface area is 69.4 Å². The van der Waals surface area contributed by atoms with Crippen LogP contribution < -0.4 is 0 Å². The predicted molar refractivity (Wildman–Crippen MR) is 44.5 cm³/mol. The van der Waals surface area contributed by atoms with E-state index in [-0.39, 0.29) is 6.10 Å². The summed E-state index contributed by atoms with van der Waals surface area (Å²) in [5, 5.41) is 0. The van der Waals surface area contributed by atoms with Crippen molar-refractivity contribution in [3.8, 4) is 0 Å². The molecule has 0 aliphatic rings. The molecule has 3 heteroatoms. The quantitative estimate of drug-likeness (QED) is 0.551. The van der Waals surface area contributed by atoms with E-state index in [0.717, 1.165) is 0 Å². The summed E-state index contributed by atoms with van der Waals surface area (Å²) in [6.07, 6.45) is 0.206. The summed E-state index contributed by atoms with van der Waals surface area (Å²) in [5.74, 6) is 1.10. The average Bonchev–Trinajstić information content (AvgIpc) is 1.69. The number of rotatable bonds is 3. The summed E-state index contributed by atoms with van der Waals surface area (Å²) in [4.78, 5) is 0. The van der Waals surface area contributed by atoms with E-state index >= 15 is 0 Å². The summed E-state index contributed by atoms with van der Waals surface area (Å²) in [7, 11) is 0. The van der Waals surface area contributed by atoms with Gasteiger partial charge >= 0.3 is 0 Å². The van der Waals surface area contributed by atoms with Crippen LogP contribution in [0.3, 0.4) is 0 Å². The SMILES string of the molecule is CC(C)C(CCl)OI. The van der Waals surface area contributed by atoms with Gasteiger partial charge in [0.05, 0.1) is 6.10 Å². The zero-order valence-electron chi connectivity index (χ0n) is 5.03. The first-order valence-corrected chi connectivity index (χ1v) is 3.97. The lowest BCUT2D eigenvalue weighted by atomic mass is 10.1. The van der Waals surface area contributed by atoms with Gasteiger partial charge in [0.15, 0.2) is 0 Å². The van der Waals surface area contributed by atoms with Gasteiger partial charge in [-0.2, -0.15) is 0 Å². The second kappa shape index (κ2) is 4.82. The van der Waals surface area contributed by atoms with Crippen molar-refractivity contribution in [3.63, 3.8) is 0 Å². The lowest BCUT2D eigenvalue weighted by molar-refractivity contribution is 0.242. The van der Waals surface area contributed by atoms with Crippen LogP contribution in [-0.2, 0) is 3.07 Å². The predicted octanol–water partition coefficient (Wildman–Crippen LogP) is 2.62. The van der Waals surface area contributed by atoms with Crippen molar-refractivity contribution >= 4 is 34.6 Å². The molecule has 1 atom stereocenters. The molecule has 0 bridgehead atoms. The lowest BCUT2D eigenvalue weighted by Crippen LogP contribution is -2.16. The standard InChI is InChI=1S/C5H10ClIO/c1-4(2)5(3-6)8-7/h4-5H,3H2,1-2H3. The van der Waals surface area contributed by atoms with Crippen LogP contribution in [-0.4, -0.2) is 12.0 Å². The van der Waals surface area contributed by atoms with Gasteiger partial charge < -0.3 is 3.07 Å². The Balaban J connectivity index is 3.35. The van der Waals surface area contributed by atoms with Gasteiger partial charge in [0.25, 0.3) is 0 Å². The number of alkyl halides is 1. The Kier molecular flexibility index (Phi) is 5.41. The van der Waals surface area contributed by atoms with Gasteiger partial charge in [-0.15, -0.1) is 11.6 Å². The lowest BCUT2D eigenvalue weighted by Gasteiger charge is -2.12. The van der Waals surface area contributed by atoms with Crippen LogP contribution in [0.5, 0.6) is 0 Å². The molecule has 0 N–H and O–H groups in total. The van der Waals surface area contributed by atoms with Gasteiger partial charge in [-0.1, -0.05) is 13.8 Å². The first-order chi connectivity index (χ1) is 3.72. The third-order valence-electron chi connectivity index (χ3n) is 1.01. The van der Waals surface area contributed by atoms with Crippen LogP contribution in [0.1, 0.15) is 13.8 Å². The molecule has 0 amide bonds. The molecule has 0 aliphatic heterocycles. The highest BCUT2D eigenvalue weighted by molar-refractivity contribution is 14.1. The van der Waals surface area contributed by atoms with Crippen LogP contribution >= 0.6 is 34.6 Å². The van der Waals surface area contributed by atoms with E-state index in [2.05, 4.69) is 13.8 Å². The maximum Gasteiger partial charge on any atom is 0.110 e. The molecule has 0 fully saturated rings. The van der Waals surface area contributed by atoms with Gasteiger partial charge in [0.2, 0.25) is 0 Å². The zero-order valence-corrected chi connectivity index (χ0v) is 7.94. The van der Waals surface area contributed by atoms with Gasteiger partial charge in [-0.3, -0.25) is 0 Å². The summed E-state index contributed by atoms with van der Waals surface area (Å²) in [6, 6.07) is 0. The monoisotopic (exact) mass is 248 g/mol. The molecule has 1 unspecified atom stereocenters. The molecule has 0 radical (unpaired) electrons. The molecule has 0 aromatic rings. The molecule has 0 saturated heterocycles. The average molecular weight is 248 g/mol. The largest absolute Gasteiger partial charge is 0.311 e. The Morgan fingerprint density at radius 3 is 2.12 bits per heavy atom. The molecule has 0 aromatic heterocycles. The molecule has 0 saturated carbocycles. The third kappa shape index (κ3) is 3.10. The minimum absolute atomic E-state index is 0.206. The van der Waals surface area contributed by atoms with Crippen molar-refractivity contribution in [3.05, 3.63) is 0 Å². The van der Waals surface area contributed by atoms with Gasteiger partial charge in [-0.05, 0) is 5.92 Å². The van der Waals surface area contributed by atoms with E-state index in [9.17, 15) is 0 Å². The van der Waals surface area contributed by atoms with E-state index in [0.29, 0.717) is 11.8 Å². The van der Waals surface area contributed by atoms with Crippen molar-refractivity contribution in [1.29, 1.82) is 0 Å². The fourth-order valence-electron chi connectivity index (χ4n) is 0.305. The summed E-state index contributed by atoms with van der Waals surface area (Å²) in [6.45, 7) is 4.18. The van der Waals surface area contributed by atoms with Gasteiger partial charge in [-0.25, -0.2) is 0 Å². The van der Waals surface area contributed by atoms with Crippen LogP contribution in [0.2, 0.25) is 0 Å². The van der Waals surface area contributed by atoms with Gasteiger partial charge in [0, 0.05) is 5.88 Å². The summed E-state index contributed by atoms with van der Waals surface area (Å²) in [5.41, 5.74) is 0. The second-order valence-electron chi connectivity index (χ2n) is 2.03. The first-order valence-electron chi connectivity index (χ1n) is 2.55. The Bertz CT molecular complexity index is 54.4. The van der Waals surface area contributed by atoms with Crippen LogP contribution in [0.25, 0.3) is 0 Å². The molecule has 0 heterocycles. The number of hydrogen-bond acceptors (Lipinski definition) is 1. The van der Waals surface area contributed by atoms with Crippen molar-refractivity contribution in [2.75, 3.05) is 5.88 Å². The third-order valence-corrected chi connectivity index (χ3v) is 1.97. The number of halogens is 2. The maximum atomic E-state index is 5.53. The minimum Gasteiger partial charge on any atom is -0.311 e. The minimum atomic E-state index is 0.206. The highest BCUT2D eigenvalue weighted by Crippen LogP contribution is 2.10. The zero-order chi connectivity index (χ0) is 6.57. The van der Waals surface area contributed by atoms with Crippen molar-refractivity contribution in [2.24, 2.45) is 5.92 Å². The molecular formula is C5H10ClIO. The van der Waals surface area contributed by atoms with Crippen molar-refractivity contribution < 1.29 is 3.07 Å². The second-order valence-corrected chi connectivity index (χ2v) is 2.84. The fraction of sp³-hybridized carbons (Fsp3) is 1.00. The maximum absolute atomic E-state index is 5.53. The Morgan fingerprint density at radius 1 is 1.62 bits per heavy atom. The summed E-state index contributed by atoms with van der Waals surface area (Å²) >= 11 is 7.41. The normalized spacial score (nSPS) is 14.6. The van der Waals surface area contributed by atoms with E-state index in [1.165, 1.54) is 0 Å². The van der Waals surface area contributed by atoms with Crippen molar-refractivity contribution in [1.82, 2.24) is 0 Å². The molecule has 1 nitrogen and oxygen atoms in total. The van der Waals surface area contributed by atoms with E-state index in [4.69, 9.17) is 14.7 Å². The highest BCUT2D eigenvalue weighted by atomic mass is 127. The molecule has 0 aliphatic carbocycles. The fourth-order valence-corrected chi connectivity index (χ4v) is 1.70. The molecule has 8 heavy (non-hydrogen) atoms. The van der Waals surface area contributed by atoms with Crippen LogP contribution in [0.15, 0.2) is 0 Å².